The summed E-state index contributed by atoms with van der Waals surface area (Å²) < 4.78 is 0. The van der Waals surface area contributed by atoms with E-state index in [9.17, 15) is 0 Å². The molecule has 1 unspecified atom stereocenters. The van der Waals surface area contributed by atoms with Gasteiger partial charge in [-0.15, -0.1) is 0 Å². The second-order valence-corrected chi connectivity index (χ2v) is 6.33. The van der Waals surface area contributed by atoms with Crippen LogP contribution in [-0.2, 0) is 6.54 Å². The van der Waals surface area contributed by atoms with Crippen LogP contribution in [0.5, 0.6) is 0 Å². The average molecular weight is 248 g/mol. The molecule has 0 aliphatic rings. The average Bonchev–Trinajstić information content (AvgIpc) is 2.27. The van der Waals surface area contributed by atoms with Gasteiger partial charge in [-0.3, -0.25) is 0 Å². The summed E-state index contributed by atoms with van der Waals surface area (Å²) in [4.78, 5) is 2.40. The molecule has 0 spiro atoms. The van der Waals surface area contributed by atoms with Gasteiger partial charge >= 0.3 is 0 Å². The fourth-order valence-electron chi connectivity index (χ4n) is 2.25. The van der Waals surface area contributed by atoms with E-state index < -0.39 is 0 Å². The van der Waals surface area contributed by atoms with Gasteiger partial charge in [-0.1, -0.05) is 45.0 Å². The highest BCUT2D eigenvalue weighted by Crippen LogP contribution is 2.20. The summed E-state index contributed by atoms with van der Waals surface area (Å²) in [5.74, 6) is 0. The summed E-state index contributed by atoms with van der Waals surface area (Å²) >= 11 is 0. The van der Waals surface area contributed by atoms with E-state index in [1.54, 1.807) is 0 Å². The fourth-order valence-corrected chi connectivity index (χ4v) is 2.25. The standard InChI is InChI=1S/C16H28N2/c1-13-9-7-8-10-14(13)11-18(6)12-15(17-5)16(2,3)4/h7-10,15,17H,11-12H2,1-6H3. The molecule has 2 nitrogen and oxygen atoms in total. The molecule has 1 rings (SSSR count). The van der Waals surface area contributed by atoms with Crippen molar-refractivity contribution in [2.75, 3.05) is 20.6 Å². The highest BCUT2D eigenvalue weighted by Gasteiger charge is 2.24. The van der Waals surface area contributed by atoms with Crippen molar-refractivity contribution in [2.24, 2.45) is 5.41 Å². The molecular weight excluding hydrogens is 220 g/mol. The van der Waals surface area contributed by atoms with E-state index in [1.165, 1.54) is 11.1 Å². The van der Waals surface area contributed by atoms with E-state index in [0.29, 0.717) is 6.04 Å². The third-order valence-corrected chi connectivity index (χ3v) is 3.59. The molecular formula is C16H28N2. The molecule has 102 valence electrons. The minimum absolute atomic E-state index is 0.286. The molecule has 0 heterocycles. The van der Waals surface area contributed by atoms with Gasteiger partial charge in [0.1, 0.15) is 0 Å². The normalized spacial score (nSPS) is 13.9. The molecule has 18 heavy (non-hydrogen) atoms. The number of likely N-dealkylation sites (N-methyl/N-ethyl adjacent to an activating group) is 2. The number of aryl methyl sites for hydroxylation is 1. The van der Waals surface area contributed by atoms with Crippen LogP contribution in [-0.4, -0.2) is 31.6 Å². The van der Waals surface area contributed by atoms with Gasteiger partial charge in [0.2, 0.25) is 0 Å². The first kappa shape index (κ1) is 15.2. The minimum Gasteiger partial charge on any atom is -0.315 e. The molecule has 0 aliphatic heterocycles. The quantitative estimate of drug-likeness (QED) is 0.861. The molecule has 0 saturated carbocycles. The lowest BCUT2D eigenvalue weighted by Gasteiger charge is -2.34. The maximum absolute atomic E-state index is 3.43. The van der Waals surface area contributed by atoms with Crippen LogP contribution < -0.4 is 5.32 Å². The zero-order chi connectivity index (χ0) is 13.8. The fraction of sp³-hybridized carbons (Fsp3) is 0.625. The van der Waals surface area contributed by atoms with Crippen LogP contribution >= 0.6 is 0 Å². The van der Waals surface area contributed by atoms with E-state index in [4.69, 9.17) is 0 Å². The lowest BCUT2D eigenvalue weighted by Crippen LogP contribution is -2.46. The van der Waals surface area contributed by atoms with Crippen molar-refractivity contribution in [3.05, 3.63) is 35.4 Å². The first-order valence-corrected chi connectivity index (χ1v) is 6.75. The molecule has 0 aromatic heterocycles. The SMILES string of the molecule is CNC(CN(C)Cc1ccccc1C)C(C)(C)C. The lowest BCUT2D eigenvalue weighted by molar-refractivity contribution is 0.198. The summed E-state index contributed by atoms with van der Waals surface area (Å²) in [5, 5.41) is 3.43. The molecule has 2 heteroatoms. The predicted molar refractivity (Wildman–Crippen MR) is 79.8 cm³/mol. The molecule has 0 amide bonds. The molecule has 1 aromatic rings. The molecule has 1 N–H and O–H groups in total. The Bertz CT molecular complexity index is 366. The highest BCUT2D eigenvalue weighted by atomic mass is 15.1. The molecule has 0 radical (unpaired) electrons. The number of hydrogen-bond acceptors (Lipinski definition) is 2. The summed E-state index contributed by atoms with van der Waals surface area (Å²) in [7, 11) is 4.25. The monoisotopic (exact) mass is 248 g/mol. The van der Waals surface area contributed by atoms with Crippen LogP contribution in [0.4, 0.5) is 0 Å². The van der Waals surface area contributed by atoms with Crippen LogP contribution in [0, 0.1) is 12.3 Å². The van der Waals surface area contributed by atoms with Crippen molar-refractivity contribution in [1.29, 1.82) is 0 Å². The van der Waals surface area contributed by atoms with E-state index in [-0.39, 0.29) is 5.41 Å². The van der Waals surface area contributed by atoms with Gasteiger partial charge in [-0.25, -0.2) is 0 Å². The van der Waals surface area contributed by atoms with Crippen molar-refractivity contribution in [2.45, 2.75) is 40.3 Å². The maximum atomic E-state index is 3.43. The Morgan fingerprint density at radius 1 is 1.22 bits per heavy atom. The Hall–Kier alpha value is -0.860. The molecule has 0 aliphatic carbocycles. The number of rotatable bonds is 5. The Kier molecular flexibility index (Phi) is 5.36. The number of benzene rings is 1. The third-order valence-electron chi connectivity index (χ3n) is 3.59. The molecule has 0 saturated heterocycles. The van der Waals surface area contributed by atoms with Crippen LogP contribution in [0.1, 0.15) is 31.9 Å². The van der Waals surface area contributed by atoms with Gasteiger partial charge in [-0.05, 0) is 37.6 Å². The molecule has 1 atom stereocenters. The first-order chi connectivity index (χ1) is 8.34. The van der Waals surface area contributed by atoms with Crippen LogP contribution in [0.15, 0.2) is 24.3 Å². The van der Waals surface area contributed by atoms with Gasteiger partial charge in [0.25, 0.3) is 0 Å². The van der Waals surface area contributed by atoms with Gasteiger partial charge in [0.05, 0.1) is 0 Å². The van der Waals surface area contributed by atoms with Crippen molar-refractivity contribution in [3.8, 4) is 0 Å². The Balaban J connectivity index is 2.61. The number of nitrogens with one attached hydrogen (secondary N) is 1. The van der Waals surface area contributed by atoms with Crippen LogP contribution in [0.25, 0.3) is 0 Å². The molecule has 0 fully saturated rings. The number of hydrogen-bond donors (Lipinski definition) is 1. The first-order valence-electron chi connectivity index (χ1n) is 6.75. The van der Waals surface area contributed by atoms with Crippen molar-refractivity contribution >= 4 is 0 Å². The van der Waals surface area contributed by atoms with Crippen LogP contribution in [0.2, 0.25) is 0 Å². The predicted octanol–water partition coefficient (Wildman–Crippen LogP) is 3.06. The summed E-state index contributed by atoms with van der Waals surface area (Å²) in [5.41, 5.74) is 3.08. The van der Waals surface area contributed by atoms with Gasteiger partial charge < -0.3 is 10.2 Å². The highest BCUT2D eigenvalue weighted by molar-refractivity contribution is 5.25. The summed E-state index contributed by atoms with van der Waals surface area (Å²) in [6, 6.07) is 9.13. The summed E-state index contributed by atoms with van der Waals surface area (Å²) in [6.45, 7) is 11.1. The Morgan fingerprint density at radius 3 is 2.33 bits per heavy atom. The second-order valence-electron chi connectivity index (χ2n) is 6.33. The lowest BCUT2D eigenvalue weighted by atomic mass is 9.86. The van der Waals surface area contributed by atoms with E-state index >= 15 is 0 Å². The van der Waals surface area contributed by atoms with E-state index in [2.05, 4.69) is 76.3 Å². The smallest absolute Gasteiger partial charge is 0.0240 e. The molecule has 0 bridgehead atoms. The van der Waals surface area contributed by atoms with Crippen LogP contribution in [0.3, 0.4) is 0 Å². The van der Waals surface area contributed by atoms with Crippen molar-refractivity contribution in [1.82, 2.24) is 10.2 Å². The second kappa shape index (κ2) is 6.35. The minimum atomic E-state index is 0.286. The van der Waals surface area contributed by atoms with Gasteiger partial charge in [0.15, 0.2) is 0 Å². The topological polar surface area (TPSA) is 15.3 Å². The van der Waals surface area contributed by atoms with E-state index in [0.717, 1.165) is 13.1 Å². The Labute approximate surface area is 112 Å². The Morgan fingerprint density at radius 2 is 1.83 bits per heavy atom. The van der Waals surface area contributed by atoms with Gasteiger partial charge in [-0.2, -0.15) is 0 Å². The van der Waals surface area contributed by atoms with Crippen molar-refractivity contribution < 1.29 is 0 Å². The van der Waals surface area contributed by atoms with E-state index in [1.807, 2.05) is 0 Å². The number of nitrogens with zero attached hydrogens (tertiary/aromatic N) is 1. The maximum Gasteiger partial charge on any atom is 0.0240 e. The molecule has 1 aromatic carbocycles. The largest absolute Gasteiger partial charge is 0.315 e. The third kappa shape index (κ3) is 4.43. The van der Waals surface area contributed by atoms with Gasteiger partial charge in [0, 0.05) is 19.1 Å². The zero-order valence-electron chi connectivity index (χ0n) is 12.7. The summed E-state index contributed by atoms with van der Waals surface area (Å²) in [6.07, 6.45) is 0. The zero-order valence-corrected chi connectivity index (χ0v) is 12.7. The van der Waals surface area contributed by atoms with Crippen molar-refractivity contribution in [3.63, 3.8) is 0 Å².